The molecule has 0 radical (unpaired) electrons. The summed E-state index contributed by atoms with van der Waals surface area (Å²) in [7, 11) is 2.00. The SMILES string of the molecule is Cc1ccccc1C(=O)Nc1ccc(N(C)Cc2ccccc2)nc1. The Bertz CT molecular complexity index is 845. The molecule has 1 aromatic heterocycles. The molecule has 0 fully saturated rings. The molecule has 25 heavy (non-hydrogen) atoms. The summed E-state index contributed by atoms with van der Waals surface area (Å²) in [6.45, 7) is 2.71. The minimum atomic E-state index is -0.120. The van der Waals surface area contributed by atoms with Crippen LogP contribution in [0, 0.1) is 6.92 Å². The number of pyridine rings is 1. The molecule has 1 heterocycles. The molecule has 2 aromatic carbocycles. The van der Waals surface area contributed by atoms with Crippen LogP contribution in [0.2, 0.25) is 0 Å². The zero-order chi connectivity index (χ0) is 17.6. The molecule has 0 aliphatic carbocycles. The van der Waals surface area contributed by atoms with Crippen molar-refractivity contribution in [3.8, 4) is 0 Å². The van der Waals surface area contributed by atoms with Crippen LogP contribution in [-0.4, -0.2) is 17.9 Å². The highest BCUT2D eigenvalue weighted by Crippen LogP contribution is 2.17. The first-order valence-electron chi connectivity index (χ1n) is 8.21. The van der Waals surface area contributed by atoms with E-state index in [1.165, 1.54) is 5.56 Å². The van der Waals surface area contributed by atoms with E-state index >= 15 is 0 Å². The lowest BCUT2D eigenvalue weighted by Gasteiger charge is -2.18. The summed E-state index contributed by atoms with van der Waals surface area (Å²) < 4.78 is 0. The Balaban J connectivity index is 1.66. The first-order chi connectivity index (χ1) is 12.1. The van der Waals surface area contributed by atoms with Gasteiger partial charge >= 0.3 is 0 Å². The number of nitrogens with one attached hydrogen (secondary N) is 1. The van der Waals surface area contributed by atoms with E-state index in [0.29, 0.717) is 11.3 Å². The molecule has 0 aliphatic heterocycles. The molecule has 0 saturated heterocycles. The number of benzene rings is 2. The summed E-state index contributed by atoms with van der Waals surface area (Å²) in [6.07, 6.45) is 1.69. The highest BCUT2D eigenvalue weighted by molar-refractivity contribution is 6.05. The Morgan fingerprint density at radius 1 is 1.00 bits per heavy atom. The van der Waals surface area contributed by atoms with Crippen molar-refractivity contribution >= 4 is 17.4 Å². The molecule has 0 aliphatic rings. The van der Waals surface area contributed by atoms with E-state index in [2.05, 4.69) is 27.3 Å². The largest absolute Gasteiger partial charge is 0.355 e. The normalized spacial score (nSPS) is 10.3. The van der Waals surface area contributed by atoms with Crippen molar-refractivity contribution in [2.75, 3.05) is 17.3 Å². The van der Waals surface area contributed by atoms with E-state index in [0.717, 1.165) is 17.9 Å². The second-order valence-electron chi connectivity index (χ2n) is 6.02. The molecule has 0 bridgehead atoms. The highest BCUT2D eigenvalue weighted by Gasteiger charge is 2.09. The predicted octanol–water partition coefficient (Wildman–Crippen LogP) is 4.28. The van der Waals surface area contributed by atoms with Gasteiger partial charge in [0.2, 0.25) is 0 Å². The number of rotatable bonds is 5. The van der Waals surface area contributed by atoms with Crippen LogP contribution in [0.4, 0.5) is 11.5 Å². The van der Waals surface area contributed by atoms with Crippen molar-refractivity contribution in [3.05, 3.63) is 89.6 Å². The van der Waals surface area contributed by atoms with Crippen molar-refractivity contribution in [2.24, 2.45) is 0 Å². The second kappa shape index (κ2) is 7.62. The van der Waals surface area contributed by atoms with Gasteiger partial charge in [-0.05, 0) is 36.2 Å². The van der Waals surface area contributed by atoms with Crippen molar-refractivity contribution in [2.45, 2.75) is 13.5 Å². The second-order valence-corrected chi connectivity index (χ2v) is 6.02. The number of hydrogen-bond donors (Lipinski definition) is 1. The third kappa shape index (κ3) is 4.23. The Morgan fingerprint density at radius 2 is 1.72 bits per heavy atom. The quantitative estimate of drug-likeness (QED) is 0.759. The third-order valence-electron chi connectivity index (χ3n) is 4.05. The molecule has 126 valence electrons. The summed E-state index contributed by atoms with van der Waals surface area (Å²) in [5.41, 5.74) is 3.54. The smallest absolute Gasteiger partial charge is 0.255 e. The number of aryl methyl sites for hydroxylation is 1. The van der Waals surface area contributed by atoms with Gasteiger partial charge < -0.3 is 10.2 Å². The summed E-state index contributed by atoms with van der Waals surface area (Å²) in [4.78, 5) is 18.9. The summed E-state index contributed by atoms with van der Waals surface area (Å²) in [6, 6.07) is 21.6. The van der Waals surface area contributed by atoms with E-state index in [-0.39, 0.29) is 5.91 Å². The van der Waals surface area contributed by atoms with Gasteiger partial charge in [0.1, 0.15) is 5.82 Å². The van der Waals surface area contributed by atoms with Crippen molar-refractivity contribution in [1.29, 1.82) is 0 Å². The molecule has 3 rings (SSSR count). The minimum Gasteiger partial charge on any atom is -0.355 e. The Hall–Kier alpha value is -3.14. The van der Waals surface area contributed by atoms with Crippen LogP contribution < -0.4 is 10.2 Å². The van der Waals surface area contributed by atoms with Crippen LogP contribution in [0.25, 0.3) is 0 Å². The third-order valence-corrected chi connectivity index (χ3v) is 4.05. The zero-order valence-electron chi connectivity index (χ0n) is 14.4. The maximum atomic E-state index is 12.3. The van der Waals surface area contributed by atoms with Gasteiger partial charge in [-0.2, -0.15) is 0 Å². The maximum Gasteiger partial charge on any atom is 0.255 e. The summed E-state index contributed by atoms with van der Waals surface area (Å²) >= 11 is 0. The van der Waals surface area contributed by atoms with Gasteiger partial charge in [0, 0.05) is 19.2 Å². The monoisotopic (exact) mass is 331 g/mol. The van der Waals surface area contributed by atoms with E-state index in [1.807, 2.05) is 68.6 Å². The van der Waals surface area contributed by atoms with Gasteiger partial charge in [-0.1, -0.05) is 48.5 Å². The van der Waals surface area contributed by atoms with Gasteiger partial charge in [0.15, 0.2) is 0 Å². The maximum absolute atomic E-state index is 12.3. The predicted molar refractivity (Wildman–Crippen MR) is 102 cm³/mol. The topological polar surface area (TPSA) is 45.2 Å². The number of hydrogen-bond acceptors (Lipinski definition) is 3. The van der Waals surface area contributed by atoms with Gasteiger partial charge in [0.25, 0.3) is 5.91 Å². The van der Waals surface area contributed by atoms with E-state index < -0.39 is 0 Å². The number of carbonyl (C=O) groups excluding carboxylic acids is 1. The van der Waals surface area contributed by atoms with Crippen LogP contribution in [0.5, 0.6) is 0 Å². The molecule has 0 unspecified atom stereocenters. The number of carbonyl (C=O) groups is 1. The molecule has 1 amide bonds. The number of amides is 1. The molecule has 0 saturated carbocycles. The summed E-state index contributed by atoms with van der Waals surface area (Å²) in [5.74, 6) is 0.739. The van der Waals surface area contributed by atoms with Gasteiger partial charge in [-0.15, -0.1) is 0 Å². The molecular weight excluding hydrogens is 310 g/mol. The molecular formula is C21H21N3O. The van der Waals surface area contributed by atoms with Gasteiger partial charge in [-0.3, -0.25) is 4.79 Å². The molecule has 0 spiro atoms. The standard InChI is InChI=1S/C21H21N3O/c1-16-8-6-7-11-19(16)21(25)23-18-12-13-20(22-14-18)24(2)15-17-9-4-3-5-10-17/h3-14H,15H2,1-2H3,(H,23,25). The Morgan fingerprint density at radius 3 is 2.40 bits per heavy atom. The van der Waals surface area contributed by atoms with Crippen molar-refractivity contribution in [1.82, 2.24) is 4.98 Å². The van der Waals surface area contributed by atoms with Crippen molar-refractivity contribution in [3.63, 3.8) is 0 Å². The molecule has 1 N–H and O–H groups in total. The van der Waals surface area contributed by atoms with Gasteiger partial charge in [0.05, 0.1) is 11.9 Å². The van der Waals surface area contributed by atoms with E-state index in [1.54, 1.807) is 6.20 Å². The fourth-order valence-corrected chi connectivity index (χ4v) is 2.65. The van der Waals surface area contributed by atoms with Crippen LogP contribution >= 0.6 is 0 Å². The fraction of sp³-hybridized carbons (Fsp3) is 0.143. The molecule has 4 heteroatoms. The lowest BCUT2D eigenvalue weighted by molar-refractivity contribution is 0.102. The first-order valence-corrected chi connectivity index (χ1v) is 8.21. The first kappa shape index (κ1) is 16.7. The Labute approximate surface area is 148 Å². The number of nitrogens with zero attached hydrogens (tertiary/aromatic N) is 2. The lowest BCUT2D eigenvalue weighted by atomic mass is 10.1. The molecule has 3 aromatic rings. The average molecular weight is 331 g/mol. The van der Waals surface area contributed by atoms with Crippen molar-refractivity contribution < 1.29 is 4.79 Å². The highest BCUT2D eigenvalue weighted by atomic mass is 16.1. The van der Waals surface area contributed by atoms with Crippen LogP contribution in [0.3, 0.4) is 0 Å². The lowest BCUT2D eigenvalue weighted by Crippen LogP contribution is -2.18. The average Bonchev–Trinajstić information content (AvgIpc) is 2.63. The fourth-order valence-electron chi connectivity index (χ4n) is 2.65. The summed E-state index contributed by atoms with van der Waals surface area (Å²) in [5, 5.41) is 2.89. The van der Waals surface area contributed by atoms with E-state index in [4.69, 9.17) is 0 Å². The number of anilines is 2. The molecule has 0 atom stereocenters. The zero-order valence-corrected chi connectivity index (χ0v) is 14.4. The number of aromatic nitrogens is 1. The van der Waals surface area contributed by atoms with E-state index in [9.17, 15) is 4.79 Å². The van der Waals surface area contributed by atoms with Crippen LogP contribution in [0.1, 0.15) is 21.5 Å². The Kier molecular flexibility index (Phi) is 5.09. The van der Waals surface area contributed by atoms with Gasteiger partial charge in [-0.25, -0.2) is 4.98 Å². The molecule has 4 nitrogen and oxygen atoms in total. The van der Waals surface area contributed by atoms with Crippen LogP contribution in [-0.2, 0) is 6.54 Å². The van der Waals surface area contributed by atoms with Crippen LogP contribution in [0.15, 0.2) is 72.9 Å². The minimum absolute atomic E-state index is 0.120.